The Morgan fingerprint density at radius 1 is 1.14 bits per heavy atom. The van der Waals surface area contributed by atoms with Crippen molar-refractivity contribution in [3.63, 3.8) is 0 Å². The molecule has 1 unspecified atom stereocenters. The van der Waals surface area contributed by atoms with E-state index in [0.717, 1.165) is 25.8 Å². The summed E-state index contributed by atoms with van der Waals surface area (Å²) in [6.45, 7) is 1.13. The van der Waals surface area contributed by atoms with Crippen LogP contribution in [0.25, 0.3) is 0 Å². The Labute approximate surface area is 127 Å². The number of nitrogens with zero attached hydrogens (tertiary/aromatic N) is 1. The van der Waals surface area contributed by atoms with Crippen LogP contribution in [0.5, 0.6) is 0 Å². The van der Waals surface area contributed by atoms with Crippen molar-refractivity contribution in [2.24, 2.45) is 0 Å². The molecule has 2 amide bonds. The lowest BCUT2D eigenvalue weighted by atomic mass is 10.1. The zero-order valence-electron chi connectivity index (χ0n) is 13.2. The summed E-state index contributed by atoms with van der Waals surface area (Å²) in [6.07, 6.45) is 10.3. The third-order valence-electron chi connectivity index (χ3n) is 4.71. The van der Waals surface area contributed by atoms with E-state index in [4.69, 9.17) is 0 Å². The maximum Gasteiger partial charge on any atom is 0.242 e. The van der Waals surface area contributed by atoms with Gasteiger partial charge in [0.05, 0.1) is 6.54 Å². The molecule has 1 aliphatic carbocycles. The SMILES string of the molecule is CN(CC(=O)NC1CCCCNC1=O)C1CCCCCC1. The van der Waals surface area contributed by atoms with Gasteiger partial charge in [0.15, 0.2) is 0 Å². The molecule has 2 N–H and O–H groups in total. The van der Waals surface area contributed by atoms with Gasteiger partial charge in [0, 0.05) is 12.6 Å². The molecule has 2 rings (SSSR count). The van der Waals surface area contributed by atoms with Gasteiger partial charge in [-0.1, -0.05) is 25.7 Å². The largest absolute Gasteiger partial charge is 0.354 e. The van der Waals surface area contributed by atoms with E-state index in [0.29, 0.717) is 12.6 Å². The number of likely N-dealkylation sites (N-methyl/N-ethyl adjacent to an activating group) is 1. The van der Waals surface area contributed by atoms with Gasteiger partial charge in [-0.15, -0.1) is 0 Å². The highest BCUT2D eigenvalue weighted by Crippen LogP contribution is 2.20. The van der Waals surface area contributed by atoms with Gasteiger partial charge in [-0.2, -0.15) is 0 Å². The summed E-state index contributed by atoms with van der Waals surface area (Å²) in [5, 5.41) is 5.76. The van der Waals surface area contributed by atoms with E-state index >= 15 is 0 Å². The first-order valence-electron chi connectivity index (χ1n) is 8.44. The summed E-state index contributed by atoms with van der Waals surface area (Å²) in [5.41, 5.74) is 0. The molecule has 120 valence electrons. The van der Waals surface area contributed by atoms with E-state index in [-0.39, 0.29) is 17.9 Å². The average molecular weight is 295 g/mol. The fourth-order valence-corrected chi connectivity index (χ4v) is 3.37. The van der Waals surface area contributed by atoms with Crippen LogP contribution >= 0.6 is 0 Å². The second-order valence-electron chi connectivity index (χ2n) is 6.47. The van der Waals surface area contributed by atoms with E-state index in [2.05, 4.69) is 15.5 Å². The van der Waals surface area contributed by atoms with Gasteiger partial charge < -0.3 is 10.6 Å². The molecule has 21 heavy (non-hydrogen) atoms. The summed E-state index contributed by atoms with van der Waals surface area (Å²) in [7, 11) is 2.03. The van der Waals surface area contributed by atoms with Crippen molar-refractivity contribution in [3.05, 3.63) is 0 Å². The molecule has 1 saturated carbocycles. The number of carbonyl (C=O) groups excluding carboxylic acids is 2. The van der Waals surface area contributed by atoms with E-state index in [1.807, 2.05) is 7.05 Å². The lowest BCUT2D eigenvalue weighted by Crippen LogP contribution is -2.49. The molecule has 0 spiro atoms. The van der Waals surface area contributed by atoms with Gasteiger partial charge in [-0.3, -0.25) is 14.5 Å². The number of hydrogen-bond donors (Lipinski definition) is 2. The Balaban J connectivity index is 1.78. The maximum absolute atomic E-state index is 12.2. The molecule has 5 nitrogen and oxygen atoms in total. The Kier molecular flexibility index (Phi) is 6.49. The van der Waals surface area contributed by atoms with Crippen LogP contribution in [0.4, 0.5) is 0 Å². The van der Waals surface area contributed by atoms with Gasteiger partial charge in [0.25, 0.3) is 0 Å². The van der Waals surface area contributed by atoms with Crippen LogP contribution in [0.2, 0.25) is 0 Å². The minimum atomic E-state index is -0.345. The zero-order valence-corrected chi connectivity index (χ0v) is 13.2. The summed E-state index contributed by atoms with van der Waals surface area (Å²) in [6, 6.07) is 0.170. The molecule has 1 atom stereocenters. The Morgan fingerprint density at radius 3 is 2.52 bits per heavy atom. The number of carbonyl (C=O) groups is 2. The van der Waals surface area contributed by atoms with Gasteiger partial charge in [0.2, 0.25) is 11.8 Å². The number of rotatable bonds is 4. The quantitative estimate of drug-likeness (QED) is 0.771. The van der Waals surface area contributed by atoms with Crippen LogP contribution in [0.3, 0.4) is 0 Å². The first-order valence-corrected chi connectivity index (χ1v) is 8.44. The fourth-order valence-electron chi connectivity index (χ4n) is 3.37. The van der Waals surface area contributed by atoms with Gasteiger partial charge >= 0.3 is 0 Å². The number of hydrogen-bond acceptors (Lipinski definition) is 3. The molecule has 1 saturated heterocycles. The molecule has 1 heterocycles. The smallest absolute Gasteiger partial charge is 0.242 e. The van der Waals surface area contributed by atoms with Crippen LogP contribution in [0.15, 0.2) is 0 Å². The highest BCUT2D eigenvalue weighted by molar-refractivity contribution is 5.88. The van der Waals surface area contributed by atoms with Gasteiger partial charge in [0.1, 0.15) is 6.04 Å². The molecule has 2 fully saturated rings. The minimum absolute atomic E-state index is 0.0243. The predicted molar refractivity (Wildman–Crippen MR) is 82.9 cm³/mol. The van der Waals surface area contributed by atoms with Gasteiger partial charge in [-0.05, 0) is 39.2 Å². The lowest BCUT2D eigenvalue weighted by Gasteiger charge is -2.27. The van der Waals surface area contributed by atoms with E-state index < -0.39 is 0 Å². The predicted octanol–water partition coefficient (Wildman–Crippen LogP) is 1.43. The highest BCUT2D eigenvalue weighted by Gasteiger charge is 2.24. The number of amides is 2. The number of nitrogens with one attached hydrogen (secondary N) is 2. The van der Waals surface area contributed by atoms with Crippen LogP contribution in [-0.2, 0) is 9.59 Å². The van der Waals surface area contributed by atoms with Crippen molar-refractivity contribution in [1.29, 1.82) is 0 Å². The molecule has 5 heteroatoms. The van der Waals surface area contributed by atoms with Crippen LogP contribution < -0.4 is 10.6 Å². The second-order valence-corrected chi connectivity index (χ2v) is 6.47. The maximum atomic E-state index is 12.2. The summed E-state index contributed by atoms with van der Waals surface area (Å²) in [4.78, 5) is 26.2. The van der Waals surface area contributed by atoms with Crippen molar-refractivity contribution >= 4 is 11.8 Å². The first kappa shape index (κ1) is 16.3. The van der Waals surface area contributed by atoms with Crippen LogP contribution in [-0.4, -0.2) is 48.9 Å². The standard InChI is InChI=1S/C16H29N3O2/c1-19(13-8-4-2-3-5-9-13)12-15(20)18-14-10-6-7-11-17-16(14)21/h13-14H,2-12H2,1H3,(H,17,21)(H,18,20). The van der Waals surface area contributed by atoms with Crippen molar-refractivity contribution in [1.82, 2.24) is 15.5 Å². The molecule has 0 aromatic heterocycles. The monoisotopic (exact) mass is 295 g/mol. The van der Waals surface area contributed by atoms with Crippen LogP contribution in [0.1, 0.15) is 57.8 Å². The topological polar surface area (TPSA) is 61.4 Å². The molecule has 0 aromatic rings. The van der Waals surface area contributed by atoms with Crippen molar-refractivity contribution in [3.8, 4) is 0 Å². The summed E-state index contributed by atoms with van der Waals surface area (Å²) >= 11 is 0. The van der Waals surface area contributed by atoms with Crippen molar-refractivity contribution in [2.45, 2.75) is 69.9 Å². The molecule has 0 radical (unpaired) electrons. The fraction of sp³-hybridized carbons (Fsp3) is 0.875. The molecule has 0 bridgehead atoms. The lowest BCUT2D eigenvalue weighted by molar-refractivity contribution is -0.129. The molecular weight excluding hydrogens is 266 g/mol. The van der Waals surface area contributed by atoms with E-state index in [1.165, 1.54) is 38.5 Å². The third kappa shape index (κ3) is 5.30. The van der Waals surface area contributed by atoms with E-state index in [9.17, 15) is 9.59 Å². The Bertz CT molecular complexity index is 351. The molecule has 2 aliphatic rings. The van der Waals surface area contributed by atoms with Crippen molar-refractivity contribution < 1.29 is 9.59 Å². The Morgan fingerprint density at radius 2 is 1.81 bits per heavy atom. The van der Waals surface area contributed by atoms with Crippen LogP contribution in [0, 0.1) is 0 Å². The normalized spacial score (nSPS) is 25.0. The zero-order chi connectivity index (χ0) is 15.1. The third-order valence-corrected chi connectivity index (χ3v) is 4.71. The second kappa shape index (κ2) is 8.37. The highest BCUT2D eigenvalue weighted by atomic mass is 16.2. The average Bonchev–Trinajstić information content (AvgIpc) is 2.83. The van der Waals surface area contributed by atoms with Gasteiger partial charge in [-0.25, -0.2) is 0 Å². The first-order chi connectivity index (χ1) is 10.2. The molecular formula is C16H29N3O2. The van der Waals surface area contributed by atoms with E-state index in [1.54, 1.807) is 0 Å². The van der Waals surface area contributed by atoms with Crippen molar-refractivity contribution in [2.75, 3.05) is 20.1 Å². The Hall–Kier alpha value is -1.10. The minimum Gasteiger partial charge on any atom is -0.354 e. The molecule has 0 aromatic carbocycles. The summed E-state index contributed by atoms with van der Waals surface area (Å²) in [5.74, 6) is -0.0539. The summed E-state index contributed by atoms with van der Waals surface area (Å²) < 4.78 is 0. The molecule has 1 aliphatic heterocycles.